The second kappa shape index (κ2) is 5.86. The molecule has 3 N–H and O–H groups in total. The van der Waals surface area contributed by atoms with Crippen molar-refractivity contribution >= 4 is 27.0 Å². The van der Waals surface area contributed by atoms with E-state index in [2.05, 4.69) is 9.71 Å². The Labute approximate surface area is 120 Å². The molecule has 5 nitrogen and oxygen atoms in total. The molecule has 0 bridgehead atoms. The number of aryl methyl sites for hydroxylation is 1. The zero-order valence-corrected chi connectivity index (χ0v) is 12.4. The highest BCUT2D eigenvalue weighted by atomic mass is 32.2. The van der Waals surface area contributed by atoms with Gasteiger partial charge in [-0.3, -0.25) is 0 Å². The van der Waals surface area contributed by atoms with Gasteiger partial charge in [0.05, 0.1) is 5.01 Å². The van der Waals surface area contributed by atoms with Crippen LogP contribution in [0.3, 0.4) is 0 Å². The van der Waals surface area contributed by atoms with Crippen LogP contribution in [-0.4, -0.2) is 19.9 Å². The number of nitrogens with zero attached hydrogens (tertiary/aromatic N) is 1. The lowest BCUT2D eigenvalue weighted by Crippen LogP contribution is -2.26. The fourth-order valence-corrected chi connectivity index (χ4v) is 3.53. The molecule has 0 saturated carbocycles. The van der Waals surface area contributed by atoms with Crippen molar-refractivity contribution in [3.63, 3.8) is 0 Å². The van der Waals surface area contributed by atoms with E-state index in [4.69, 9.17) is 5.73 Å². The standard InChI is InChI=1S/C12H14FN3O2S2/c1-8-7-19-12(16-8)4-5-15-20(17,18)11-6-9(14)2-3-10(11)13/h2-3,6-7,15H,4-5,14H2,1H3. The molecule has 0 radical (unpaired) electrons. The third kappa shape index (κ3) is 3.53. The fourth-order valence-electron chi connectivity index (χ4n) is 1.61. The number of aromatic nitrogens is 1. The molecule has 0 aliphatic heterocycles. The van der Waals surface area contributed by atoms with E-state index < -0.39 is 20.7 Å². The number of hydrogen-bond acceptors (Lipinski definition) is 5. The van der Waals surface area contributed by atoms with Crippen molar-refractivity contribution < 1.29 is 12.8 Å². The first kappa shape index (κ1) is 14.9. The van der Waals surface area contributed by atoms with Gasteiger partial charge in [0, 0.05) is 29.7 Å². The maximum absolute atomic E-state index is 13.5. The molecule has 0 unspecified atom stereocenters. The Morgan fingerprint density at radius 2 is 2.20 bits per heavy atom. The SMILES string of the molecule is Cc1csc(CCNS(=O)(=O)c2cc(N)ccc2F)n1. The van der Waals surface area contributed by atoms with Gasteiger partial charge in [-0.05, 0) is 25.1 Å². The number of halogens is 1. The molecule has 1 aromatic carbocycles. The van der Waals surface area contributed by atoms with Gasteiger partial charge in [0.25, 0.3) is 0 Å². The summed E-state index contributed by atoms with van der Waals surface area (Å²) in [6.45, 7) is 2.02. The van der Waals surface area contributed by atoms with Crippen LogP contribution in [0.4, 0.5) is 10.1 Å². The molecule has 0 spiro atoms. The molecule has 1 heterocycles. The van der Waals surface area contributed by atoms with E-state index in [-0.39, 0.29) is 12.2 Å². The summed E-state index contributed by atoms with van der Waals surface area (Å²) >= 11 is 1.46. The van der Waals surface area contributed by atoms with Gasteiger partial charge in [0.2, 0.25) is 10.0 Å². The molecule has 0 saturated heterocycles. The zero-order chi connectivity index (χ0) is 14.8. The summed E-state index contributed by atoms with van der Waals surface area (Å²) in [6.07, 6.45) is 0.460. The van der Waals surface area contributed by atoms with Crippen LogP contribution in [0.25, 0.3) is 0 Å². The van der Waals surface area contributed by atoms with E-state index in [0.29, 0.717) is 6.42 Å². The number of benzene rings is 1. The number of nitrogens with one attached hydrogen (secondary N) is 1. The zero-order valence-electron chi connectivity index (χ0n) is 10.8. The first-order chi connectivity index (χ1) is 9.38. The van der Waals surface area contributed by atoms with Gasteiger partial charge in [-0.1, -0.05) is 0 Å². The van der Waals surface area contributed by atoms with Crippen molar-refractivity contribution in [3.05, 3.63) is 40.1 Å². The van der Waals surface area contributed by atoms with Gasteiger partial charge in [-0.15, -0.1) is 11.3 Å². The Morgan fingerprint density at radius 3 is 2.85 bits per heavy atom. The summed E-state index contributed by atoms with van der Waals surface area (Å²) in [5, 5.41) is 2.72. The highest BCUT2D eigenvalue weighted by Crippen LogP contribution is 2.17. The molecule has 0 aliphatic carbocycles. The summed E-state index contributed by atoms with van der Waals surface area (Å²) in [7, 11) is -3.90. The molecule has 2 aromatic rings. The molecule has 0 atom stereocenters. The number of thiazole rings is 1. The number of rotatable bonds is 5. The lowest BCUT2D eigenvalue weighted by Gasteiger charge is -2.07. The maximum Gasteiger partial charge on any atom is 0.243 e. The highest BCUT2D eigenvalue weighted by molar-refractivity contribution is 7.89. The van der Waals surface area contributed by atoms with E-state index in [0.717, 1.165) is 22.8 Å². The Morgan fingerprint density at radius 1 is 1.45 bits per heavy atom. The van der Waals surface area contributed by atoms with Crippen LogP contribution in [-0.2, 0) is 16.4 Å². The van der Waals surface area contributed by atoms with Crippen LogP contribution >= 0.6 is 11.3 Å². The van der Waals surface area contributed by atoms with Crippen LogP contribution in [0.5, 0.6) is 0 Å². The normalized spacial score (nSPS) is 11.7. The van der Waals surface area contributed by atoms with Crippen molar-refractivity contribution in [2.24, 2.45) is 0 Å². The predicted octanol–water partition coefficient (Wildman–Crippen LogP) is 1.69. The molecule has 108 valence electrons. The molecule has 0 aliphatic rings. The number of sulfonamides is 1. The molecule has 8 heteroatoms. The van der Waals surface area contributed by atoms with E-state index in [9.17, 15) is 12.8 Å². The molecular formula is C12H14FN3O2S2. The molecule has 1 aromatic heterocycles. The van der Waals surface area contributed by atoms with Crippen molar-refractivity contribution in [3.8, 4) is 0 Å². The Hall–Kier alpha value is -1.51. The number of nitrogen functional groups attached to an aromatic ring is 1. The second-order valence-electron chi connectivity index (χ2n) is 4.22. The molecule has 0 amide bonds. The smallest absolute Gasteiger partial charge is 0.243 e. The van der Waals surface area contributed by atoms with Gasteiger partial charge in [-0.2, -0.15) is 0 Å². The van der Waals surface area contributed by atoms with Gasteiger partial charge < -0.3 is 5.73 Å². The minimum atomic E-state index is -3.90. The predicted molar refractivity (Wildman–Crippen MR) is 76.6 cm³/mol. The summed E-state index contributed by atoms with van der Waals surface area (Å²) in [5.41, 5.74) is 6.57. The largest absolute Gasteiger partial charge is 0.399 e. The second-order valence-corrected chi connectivity index (χ2v) is 6.90. The van der Waals surface area contributed by atoms with Gasteiger partial charge in [0.15, 0.2) is 0 Å². The first-order valence-electron chi connectivity index (χ1n) is 5.84. The van der Waals surface area contributed by atoms with Gasteiger partial charge in [-0.25, -0.2) is 22.5 Å². The summed E-state index contributed by atoms with van der Waals surface area (Å²) in [6, 6.07) is 3.45. The average molecular weight is 315 g/mol. The minimum absolute atomic E-state index is 0.156. The lowest BCUT2D eigenvalue weighted by molar-refractivity contribution is 0.557. The summed E-state index contributed by atoms with van der Waals surface area (Å²) in [5.74, 6) is -0.822. The quantitative estimate of drug-likeness (QED) is 0.822. The summed E-state index contributed by atoms with van der Waals surface area (Å²) in [4.78, 5) is 3.79. The third-order valence-electron chi connectivity index (χ3n) is 2.54. The fraction of sp³-hybridized carbons (Fsp3) is 0.250. The molecule has 20 heavy (non-hydrogen) atoms. The Kier molecular flexibility index (Phi) is 4.36. The first-order valence-corrected chi connectivity index (χ1v) is 8.20. The third-order valence-corrected chi connectivity index (χ3v) is 5.04. The number of hydrogen-bond donors (Lipinski definition) is 2. The average Bonchev–Trinajstić information content (AvgIpc) is 2.78. The van der Waals surface area contributed by atoms with Crippen LogP contribution in [0.1, 0.15) is 10.7 Å². The maximum atomic E-state index is 13.5. The van der Waals surface area contributed by atoms with Gasteiger partial charge in [0.1, 0.15) is 10.7 Å². The van der Waals surface area contributed by atoms with E-state index in [1.807, 2.05) is 12.3 Å². The van der Waals surface area contributed by atoms with Crippen molar-refractivity contribution in [2.45, 2.75) is 18.2 Å². The van der Waals surface area contributed by atoms with Gasteiger partial charge >= 0.3 is 0 Å². The Bertz CT molecular complexity index is 713. The van der Waals surface area contributed by atoms with Crippen molar-refractivity contribution in [2.75, 3.05) is 12.3 Å². The number of anilines is 1. The molecule has 0 fully saturated rings. The Balaban J connectivity index is 2.06. The van der Waals surface area contributed by atoms with E-state index >= 15 is 0 Å². The van der Waals surface area contributed by atoms with Crippen molar-refractivity contribution in [1.29, 1.82) is 0 Å². The highest BCUT2D eigenvalue weighted by Gasteiger charge is 2.18. The molecule has 2 rings (SSSR count). The monoisotopic (exact) mass is 315 g/mol. The molecular weight excluding hydrogens is 301 g/mol. The minimum Gasteiger partial charge on any atom is -0.399 e. The number of nitrogens with two attached hydrogens (primary N) is 1. The van der Waals surface area contributed by atoms with Crippen LogP contribution in [0.15, 0.2) is 28.5 Å². The van der Waals surface area contributed by atoms with Crippen molar-refractivity contribution in [1.82, 2.24) is 9.71 Å². The van der Waals surface area contributed by atoms with E-state index in [1.165, 1.54) is 17.4 Å². The lowest BCUT2D eigenvalue weighted by atomic mass is 10.3. The van der Waals surface area contributed by atoms with Crippen LogP contribution in [0.2, 0.25) is 0 Å². The van der Waals surface area contributed by atoms with Crippen LogP contribution < -0.4 is 10.5 Å². The topological polar surface area (TPSA) is 85.1 Å². The van der Waals surface area contributed by atoms with Crippen LogP contribution in [0, 0.1) is 12.7 Å². The summed E-state index contributed by atoms with van der Waals surface area (Å²) < 4.78 is 39.8. The van der Waals surface area contributed by atoms with E-state index in [1.54, 1.807) is 0 Å².